The van der Waals surface area contributed by atoms with E-state index in [0.717, 1.165) is 24.2 Å². The summed E-state index contributed by atoms with van der Waals surface area (Å²) < 4.78 is 10.2. The lowest BCUT2D eigenvalue weighted by Gasteiger charge is -2.04. The number of aryl methyl sites for hydroxylation is 2. The Kier molecular flexibility index (Phi) is 4.06. The molecule has 0 saturated heterocycles. The number of unbranched alkanes of at least 4 members (excludes halogenated alkanes) is 1. The van der Waals surface area contributed by atoms with Gasteiger partial charge < -0.3 is 9.30 Å². The van der Waals surface area contributed by atoms with Crippen molar-refractivity contribution in [2.45, 2.75) is 26.3 Å². The highest BCUT2D eigenvalue weighted by Gasteiger charge is 2.22. The molecule has 0 fully saturated rings. The third-order valence-corrected chi connectivity index (χ3v) is 4.72. The first kappa shape index (κ1) is 17.1. The Morgan fingerprint density at radius 3 is 2.56 bits per heavy atom. The lowest BCUT2D eigenvalue weighted by atomic mass is 10.2. The van der Waals surface area contributed by atoms with Gasteiger partial charge in [-0.05, 0) is 30.7 Å². The first-order valence-electron chi connectivity index (χ1n) is 8.77. The summed E-state index contributed by atoms with van der Waals surface area (Å²) in [5.41, 5.74) is 0.813. The Morgan fingerprint density at radius 1 is 1.15 bits per heavy atom. The van der Waals surface area contributed by atoms with Crippen LogP contribution >= 0.6 is 0 Å². The molecule has 4 rings (SSSR count). The zero-order chi connectivity index (χ0) is 19.1. The van der Waals surface area contributed by atoms with Gasteiger partial charge in [-0.2, -0.15) is 0 Å². The Hall–Kier alpha value is -3.36. The van der Waals surface area contributed by atoms with E-state index in [4.69, 9.17) is 4.74 Å². The largest absolute Gasteiger partial charge is 0.497 e. The van der Waals surface area contributed by atoms with Crippen LogP contribution in [0.25, 0.3) is 28.3 Å². The number of hydrogen-bond acceptors (Lipinski definition) is 5. The molecule has 9 heteroatoms. The van der Waals surface area contributed by atoms with Gasteiger partial charge in [-0.3, -0.25) is 14.3 Å². The van der Waals surface area contributed by atoms with E-state index in [0.29, 0.717) is 29.3 Å². The van der Waals surface area contributed by atoms with Crippen molar-refractivity contribution in [1.29, 1.82) is 0 Å². The van der Waals surface area contributed by atoms with Gasteiger partial charge in [0.25, 0.3) is 5.56 Å². The number of imidazole rings is 1. The molecule has 0 saturated carbocycles. The lowest BCUT2D eigenvalue weighted by molar-refractivity contribution is 0.415. The van der Waals surface area contributed by atoms with Crippen molar-refractivity contribution < 1.29 is 4.74 Å². The molecule has 3 aromatic heterocycles. The van der Waals surface area contributed by atoms with E-state index < -0.39 is 11.2 Å². The summed E-state index contributed by atoms with van der Waals surface area (Å²) in [5, 5.41) is 8.64. The molecule has 0 bridgehead atoms. The summed E-state index contributed by atoms with van der Waals surface area (Å²) >= 11 is 0. The normalized spacial score (nSPS) is 11.5. The van der Waals surface area contributed by atoms with E-state index >= 15 is 0 Å². The minimum absolute atomic E-state index is 0.421. The molecule has 140 valence electrons. The average Bonchev–Trinajstić information content (AvgIpc) is 3.23. The molecule has 27 heavy (non-hydrogen) atoms. The van der Waals surface area contributed by atoms with Crippen LogP contribution in [0.3, 0.4) is 0 Å². The number of methoxy groups -OCH3 is 1. The number of H-pyrrole nitrogens is 1. The van der Waals surface area contributed by atoms with E-state index in [-0.39, 0.29) is 0 Å². The Bertz CT molecular complexity index is 1240. The van der Waals surface area contributed by atoms with Crippen molar-refractivity contribution in [2.75, 3.05) is 7.11 Å². The van der Waals surface area contributed by atoms with Crippen molar-refractivity contribution >= 4 is 16.9 Å². The van der Waals surface area contributed by atoms with Crippen molar-refractivity contribution in [3.05, 3.63) is 45.1 Å². The summed E-state index contributed by atoms with van der Waals surface area (Å²) in [6.07, 6.45) is 1.85. The fourth-order valence-electron chi connectivity index (χ4n) is 3.30. The predicted molar refractivity (Wildman–Crippen MR) is 101 cm³/mol. The van der Waals surface area contributed by atoms with Gasteiger partial charge in [0.2, 0.25) is 5.78 Å². The highest BCUT2D eigenvalue weighted by atomic mass is 16.5. The fourth-order valence-corrected chi connectivity index (χ4v) is 3.30. The summed E-state index contributed by atoms with van der Waals surface area (Å²) in [5.74, 6) is 1.83. The lowest BCUT2D eigenvalue weighted by Crippen LogP contribution is -2.29. The Morgan fingerprint density at radius 2 is 1.89 bits per heavy atom. The number of benzene rings is 1. The van der Waals surface area contributed by atoms with Crippen LogP contribution in [0.1, 0.15) is 19.8 Å². The average molecular weight is 368 g/mol. The minimum Gasteiger partial charge on any atom is -0.497 e. The van der Waals surface area contributed by atoms with Gasteiger partial charge in [-0.1, -0.05) is 13.3 Å². The van der Waals surface area contributed by atoms with E-state index in [1.807, 2.05) is 28.8 Å². The monoisotopic (exact) mass is 368 g/mol. The number of nitrogens with zero attached hydrogens (tertiary/aromatic N) is 5. The maximum absolute atomic E-state index is 12.6. The number of aromatic nitrogens is 6. The molecule has 0 amide bonds. The number of ether oxygens (including phenoxy) is 1. The van der Waals surface area contributed by atoms with E-state index in [2.05, 4.69) is 22.1 Å². The highest BCUT2D eigenvalue weighted by molar-refractivity contribution is 5.79. The van der Waals surface area contributed by atoms with Crippen LogP contribution in [0.4, 0.5) is 0 Å². The third-order valence-electron chi connectivity index (χ3n) is 4.72. The molecule has 9 nitrogen and oxygen atoms in total. The summed E-state index contributed by atoms with van der Waals surface area (Å²) in [6, 6.07) is 7.41. The number of fused-ring (bicyclic) bond motifs is 3. The van der Waals surface area contributed by atoms with Crippen LogP contribution < -0.4 is 16.0 Å². The third kappa shape index (κ3) is 2.54. The maximum atomic E-state index is 12.6. The number of rotatable bonds is 5. The van der Waals surface area contributed by atoms with Gasteiger partial charge in [0.15, 0.2) is 17.0 Å². The molecular formula is C18H20N6O3. The highest BCUT2D eigenvalue weighted by Crippen LogP contribution is 2.25. The van der Waals surface area contributed by atoms with Crippen LogP contribution in [0.2, 0.25) is 0 Å². The topological polar surface area (TPSA) is 99.2 Å². The molecule has 4 aromatic rings. The number of nitrogens with one attached hydrogen (secondary N) is 1. The van der Waals surface area contributed by atoms with Gasteiger partial charge in [-0.15, -0.1) is 10.2 Å². The second kappa shape index (κ2) is 6.42. The summed E-state index contributed by atoms with van der Waals surface area (Å²) in [6.45, 7) is 2.70. The molecule has 3 heterocycles. The van der Waals surface area contributed by atoms with E-state index in [1.165, 1.54) is 4.57 Å². The molecule has 1 aromatic carbocycles. The zero-order valence-electron chi connectivity index (χ0n) is 15.4. The molecule has 0 aliphatic carbocycles. The number of aromatic amines is 1. The molecule has 0 unspecified atom stereocenters. The summed E-state index contributed by atoms with van der Waals surface area (Å²) in [7, 11) is 3.23. The van der Waals surface area contributed by atoms with E-state index in [1.54, 1.807) is 18.6 Å². The van der Waals surface area contributed by atoms with E-state index in [9.17, 15) is 9.59 Å². The molecule has 0 aliphatic heterocycles. The van der Waals surface area contributed by atoms with Crippen LogP contribution in [-0.2, 0) is 13.6 Å². The molecule has 0 spiro atoms. The van der Waals surface area contributed by atoms with Gasteiger partial charge in [-0.25, -0.2) is 9.20 Å². The second-order valence-corrected chi connectivity index (χ2v) is 6.38. The first-order valence-corrected chi connectivity index (χ1v) is 8.77. The SMILES string of the molecule is CCCCn1c2c(=O)[nH]c(=O)n(C)c2n2c(-c3ccc(OC)cc3)nnc12. The standard InChI is InChI=1S/C18H20N6O3/c1-4-5-10-23-13-15(25)19-18(26)22(2)16(13)24-14(20-21-17(23)24)11-6-8-12(27-3)9-7-11/h6-9H,4-5,10H2,1-3H3,(H,19,25,26). The fraction of sp³-hybridized carbons (Fsp3) is 0.333. The Labute approximate surface area is 153 Å². The van der Waals surface area contributed by atoms with Crippen LogP contribution in [0.5, 0.6) is 5.75 Å². The van der Waals surface area contributed by atoms with Crippen LogP contribution in [-0.4, -0.2) is 35.8 Å². The van der Waals surface area contributed by atoms with Crippen molar-refractivity contribution in [3.8, 4) is 17.1 Å². The second-order valence-electron chi connectivity index (χ2n) is 6.38. The molecular weight excluding hydrogens is 348 g/mol. The van der Waals surface area contributed by atoms with Gasteiger partial charge in [0.1, 0.15) is 5.75 Å². The van der Waals surface area contributed by atoms with Crippen molar-refractivity contribution in [1.82, 2.24) is 28.7 Å². The smallest absolute Gasteiger partial charge is 0.329 e. The van der Waals surface area contributed by atoms with Gasteiger partial charge in [0.05, 0.1) is 7.11 Å². The molecule has 0 atom stereocenters. The predicted octanol–water partition coefficient (Wildman–Crippen LogP) is 1.55. The number of hydrogen-bond donors (Lipinski definition) is 1. The zero-order valence-corrected chi connectivity index (χ0v) is 15.4. The molecule has 0 radical (unpaired) electrons. The molecule has 1 N–H and O–H groups in total. The maximum Gasteiger partial charge on any atom is 0.329 e. The quantitative estimate of drug-likeness (QED) is 0.576. The van der Waals surface area contributed by atoms with Gasteiger partial charge >= 0.3 is 5.69 Å². The van der Waals surface area contributed by atoms with Crippen molar-refractivity contribution in [3.63, 3.8) is 0 Å². The summed E-state index contributed by atoms with van der Waals surface area (Å²) in [4.78, 5) is 27.1. The van der Waals surface area contributed by atoms with Crippen LogP contribution in [0.15, 0.2) is 33.9 Å². The van der Waals surface area contributed by atoms with Gasteiger partial charge in [0, 0.05) is 19.2 Å². The van der Waals surface area contributed by atoms with Crippen LogP contribution in [0, 0.1) is 0 Å². The Balaban J connectivity index is 2.10. The molecule has 0 aliphatic rings. The minimum atomic E-state index is -0.476. The first-order chi connectivity index (χ1) is 13.1. The van der Waals surface area contributed by atoms with Crippen molar-refractivity contribution in [2.24, 2.45) is 7.05 Å².